The lowest BCUT2D eigenvalue weighted by atomic mass is 10.1. The van der Waals surface area contributed by atoms with Crippen molar-refractivity contribution in [2.75, 3.05) is 13.7 Å². The number of ether oxygens (including phenoxy) is 2. The minimum absolute atomic E-state index is 0.232. The molecule has 1 aromatic rings. The maximum atomic E-state index is 11.3. The second kappa shape index (κ2) is 7.46. The molecule has 0 spiro atoms. The highest BCUT2D eigenvalue weighted by molar-refractivity contribution is 5.89. The number of carbonyl (C=O) groups excluding carboxylic acids is 2. The quantitative estimate of drug-likeness (QED) is 0.633. The van der Waals surface area contributed by atoms with Crippen molar-refractivity contribution in [2.45, 2.75) is 13.3 Å². The summed E-state index contributed by atoms with van der Waals surface area (Å²) in [4.78, 5) is 22.0. The molecule has 0 N–H and O–H groups in total. The zero-order valence-corrected chi connectivity index (χ0v) is 12.7. The van der Waals surface area contributed by atoms with Crippen molar-refractivity contribution in [3.63, 3.8) is 0 Å². The lowest BCUT2D eigenvalue weighted by molar-refractivity contribution is -0.141. The Balaban J connectivity index is 1.81. The molecule has 1 aliphatic carbocycles. The van der Waals surface area contributed by atoms with Gasteiger partial charge in [0.15, 0.2) is 0 Å². The van der Waals surface area contributed by atoms with E-state index in [1.807, 2.05) is 12.2 Å². The number of esters is 2. The van der Waals surface area contributed by atoms with Crippen molar-refractivity contribution in [1.82, 2.24) is 0 Å². The van der Waals surface area contributed by atoms with Gasteiger partial charge in [0.1, 0.15) is 0 Å². The van der Waals surface area contributed by atoms with E-state index in [9.17, 15) is 9.59 Å². The maximum Gasteiger partial charge on any atom is 0.337 e. The highest BCUT2D eigenvalue weighted by atomic mass is 16.5. The molecule has 114 valence electrons. The summed E-state index contributed by atoms with van der Waals surface area (Å²) < 4.78 is 9.60. The Kier molecular flexibility index (Phi) is 5.37. The Bertz CT molecular complexity index is 631. The average Bonchev–Trinajstić information content (AvgIpc) is 3.28. The fourth-order valence-electron chi connectivity index (χ4n) is 2.03. The minimum atomic E-state index is -0.355. The summed E-state index contributed by atoms with van der Waals surface area (Å²) in [5, 5.41) is 0. The van der Waals surface area contributed by atoms with Crippen molar-refractivity contribution < 1.29 is 19.1 Å². The third kappa shape index (κ3) is 4.78. The van der Waals surface area contributed by atoms with Crippen LogP contribution in [0, 0.1) is 23.7 Å². The van der Waals surface area contributed by atoms with E-state index in [0.717, 1.165) is 12.0 Å². The molecule has 1 aromatic carbocycles. The predicted octanol–water partition coefficient (Wildman–Crippen LogP) is 2.58. The van der Waals surface area contributed by atoms with Crippen LogP contribution >= 0.6 is 0 Å². The van der Waals surface area contributed by atoms with Gasteiger partial charge in [0.25, 0.3) is 0 Å². The summed E-state index contributed by atoms with van der Waals surface area (Å²) in [7, 11) is 1.35. The molecule has 0 saturated heterocycles. The molecule has 0 amide bonds. The van der Waals surface area contributed by atoms with Gasteiger partial charge in [-0.2, -0.15) is 0 Å². The van der Waals surface area contributed by atoms with Gasteiger partial charge in [-0.1, -0.05) is 17.9 Å². The lowest BCUT2D eigenvalue weighted by Crippen LogP contribution is -2.02. The number of carbonyl (C=O) groups is 2. The molecule has 0 radical (unpaired) electrons. The Morgan fingerprint density at radius 1 is 1.32 bits per heavy atom. The zero-order valence-electron chi connectivity index (χ0n) is 12.7. The second-order valence-corrected chi connectivity index (χ2v) is 5.16. The van der Waals surface area contributed by atoms with Crippen molar-refractivity contribution in [2.24, 2.45) is 11.8 Å². The van der Waals surface area contributed by atoms with Crippen molar-refractivity contribution in [1.29, 1.82) is 0 Å². The van der Waals surface area contributed by atoms with Crippen LogP contribution in [-0.2, 0) is 14.3 Å². The molecule has 1 saturated carbocycles. The molecule has 0 aliphatic heterocycles. The largest absolute Gasteiger partial charge is 0.466 e. The summed E-state index contributed by atoms with van der Waals surface area (Å²) >= 11 is 0. The molecule has 4 nitrogen and oxygen atoms in total. The van der Waals surface area contributed by atoms with Crippen LogP contribution in [-0.4, -0.2) is 25.7 Å². The Morgan fingerprint density at radius 3 is 2.68 bits per heavy atom. The molecule has 4 heteroatoms. The first kappa shape index (κ1) is 15.8. The molecule has 2 atom stereocenters. The topological polar surface area (TPSA) is 52.6 Å². The molecule has 0 bridgehead atoms. The molecule has 0 heterocycles. The van der Waals surface area contributed by atoms with Crippen LogP contribution in [0.4, 0.5) is 0 Å². The zero-order chi connectivity index (χ0) is 15.9. The summed E-state index contributed by atoms with van der Waals surface area (Å²) in [5.41, 5.74) is 1.35. The average molecular weight is 298 g/mol. The highest BCUT2D eigenvalue weighted by Gasteiger charge is 2.35. The second-order valence-electron chi connectivity index (χ2n) is 5.16. The van der Waals surface area contributed by atoms with Crippen molar-refractivity contribution in [3.05, 3.63) is 47.5 Å². The molecule has 1 aliphatic rings. The predicted molar refractivity (Wildman–Crippen MR) is 82.0 cm³/mol. The monoisotopic (exact) mass is 298 g/mol. The lowest BCUT2D eigenvalue weighted by Gasteiger charge is -1.98. The molecule has 22 heavy (non-hydrogen) atoms. The first-order chi connectivity index (χ1) is 10.6. The molecule has 0 unspecified atom stereocenters. The minimum Gasteiger partial charge on any atom is -0.466 e. The van der Waals surface area contributed by atoms with Crippen LogP contribution in [0.1, 0.15) is 29.3 Å². The van der Waals surface area contributed by atoms with Crippen LogP contribution in [0.2, 0.25) is 0 Å². The maximum absolute atomic E-state index is 11.3. The third-order valence-electron chi connectivity index (χ3n) is 3.43. The van der Waals surface area contributed by atoms with Crippen LogP contribution < -0.4 is 0 Å². The van der Waals surface area contributed by atoms with Crippen molar-refractivity contribution in [3.8, 4) is 11.8 Å². The smallest absolute Gasteiger partial charge is 0.337 e. The van der Waals surface area contributed by atoms with Gasteiger partial charge in [-0.05, 0) is 48.6 Å². The van der Waals surface area contributed by atoms with E-state index >= 15 is 0 Å². The molecular formula is C18H18O4. The van der Waals surface area contributed by atoms with E-state index in [1.165, 1.54) is 14.0 Å². The van der Waals surface area contributed by atoms with Gasteiger partial charge < -0.3 is 9.47 Å². The van der Waals surface area contributed by atoms with E-state index in [2.05, 4.69) is 16.6 Å². The van der Waals surface area contributed by atoms with Gasteiger partial charge >= 0.3 is 11.9 Å². The fraction of sp³-hybridized carbons (Fsp3) is 0.333. The standard InChI is InChI=1S/C18H18O4/c1-13(19)22-12-17-11-16(17)6-4-3-5-14-7-9-15(10-8-14)18(20)21-2/h4,6-10,16-17H,11-12H2,1-2H3/t16-,17+/m1/s1. The van der Waals surface area contributed by atoms with Crippen LogP contribution in [0.5, 0.6) is 0 Å². The third-order valence-corrected chi connectivity index (χ3v) is 3.43. The Labute approximate surface area is 130 Å². The Morgan fingerprint density at radius 2 is 2.05 bits per heavy atom. The van der Waals surface area contributed by atoms with E-state index in [1.54, 1.807) is 24.3 Å². The first-order valence-electron chi connectivity index (χ1n) is 7.10. The normalized spacial score (nSPS) is 19.2. The highest BCUT2D eigenvalue weighted by Crippen LogP contribution is 2.39. The summed E-state index contributed by atoms with van der Waals surface area (Å²) in [5.74, 6) is 6.27. The first-order valence-corrected chi connectivity index (χ1v) is 7.10. The number of benzene rings is 1. The van der Waals surface area contributed by atoms with Gasteiger partial charge in [-0.3, -0.25) is 4.79 Å². The van der Waals surface area contributed by atoms with Gasteiger partial charge in [0, 0.05) is 12.5 Å². The van der Waals surface area contributed by atoms with Crippen LogP contribution in [0.15, 0.2) is 36.4 Å². The number of hydrogen-bond acceptors (Lipinski definition) is 4. The van der Waals surface area contributed by atoms with Gasteiger partial charge in [-0.25, -0.2) is 4.79 Å². The number of allylic oxidation sites excluding steroid dienone is 2. The van der Waals surface area contributed by atoms with E-state index in [-0.39, 0.29) is 11.9 Å². The van der Waals surface area contributed by atoms with E-state index in [4.69, 9.17) is 4.74 Å². The summed E-state index contributed by atoms with van der Waals surface area (Å²) in [6.45, 7) is 1.91. The number of hydrogen-bond donors (Lipinski definition) is 0. The SMILES string of the molecule is COC(=O)c1ccc(C#CC=C[C@@H]2C[C@H]2COC(C)=O)cc1. The number of methoxy groups -OCH3 is 1. The fourth-order valence-corrected chi connectivity index (χ4v) is 2.03. The van der Waals surface area contributed by atoms with Gasteiger partial charge in [-0.15, -0.1) is 0 Å². The van der Waals surface area contributed by atoms with Crippen LogP contribution in [0.3, 0.4) is 0 Å². The summed E-state index contributed by atoms with van der Waals surface area (Å²) in [6.07, 6.45) is 4.91. The molecular weight excluding hydrogens is 280 g/mol. The van der Waals surface area contributed by atoms with E-state index in [0.29, 0.717) is 24.0 Å². The van der Waals surface area contributed by atoms with Crippen LogP contribution in [0.25, 0.3) is 0 Å². The van der Waals surface area contributed by atoms with Gasteiger partial charge in [0.05, 0.1) is 19.3 Å². The van der Waals surface area contributed by atoms with Gasteiger partial charge in [0.2, 0.25) is 0 Å². The Hall–Kier alpha value is -2.54. The molecule has 2 rings (SSSR count). The molecule has 0 aromatic heterocycles. The van der Waals surface area contributed by atoms with Crippen molar-refractivity contribution >= 4 is 11.9 Å². The molecule has 1 fully saturated rings. The summed E-state index contributed by atoms with van der Waals surface area (Å²) in [6, 6.07) is 6.95. The number of rotatable bonds is 4. The van der Waals surface area contributed by atoms with E-state index < -0.39 is 0 Å².